The highest BCUT2D eigenvalue weighted by molar-refractivity contribution is 9.10. The van der Waals surface area contributed by atoms with Gasteiger partial charge in [-0.25, -0.2) is 0 Å². The summed E-state index contributed by atoms with van der Waals surface area (Å²) in [6.07, 6.45) is 1.14. The van der Waals surface area contributed by atoms with Gasteiger partial charge in [0.25, 0.3) is 0 Å². The van der Waals surface area contributed by atoms with Crippen LogP contribution in [0, 0.1) is 13.8 Å². The molecule has 0 saturated carbocycles. The van der Waals surface area contributed by atoms with Crippen molar-refractivity contribution in [3.05, 3.63) is 57.6 Å². The minimum atomic E-state index is -0.189. The highest BCUT2D eigenvalue weighted by atomic mass is 79.9. The molecule has 0 atom stereocenters. The molecule has 1 N–H and O–H groups in total. The Hall–Kier alpha value is -2.14. The van der Waals surface area contributed by atoms with Crippen molar-refractivity contribution in [3.8, 4) is 0 Å². The van der Waals surface area contributed by atoms with Gasteiger partial charge in [0.15, 0.2) is 0 Å². The van der Waals surface area contributed by atoms with Crippen LogP contribution in [0.3, 0.4) is 0 Å². The largest absolute Gasteiger partial charge is 0.324 e. The number of hydrogen-bond donors (Lipinski definition) is 1. The van der Waals surface area contributed by atoms with E-state index in [0.717, 1.165) is 32.5 Å². The Morgan fingerprint density at radius 2 is 1.96 bits per heavy atom. The Kier molecular flexibility index (Phi) is 4.71. The third-order valence-corrected chi connectivity index (χ3v) is 4.69. The number of aryl methyl sites for hydroxylation is 3. The summed E-state index contributed by atoms with van der Waals surface area (Å²) in [7, 11) is 0. The number of nitrogens with zero attached hydrogens (tertiary/aromatic N) is 1. The number of anilines is 2. The molecule has 0 fully saturated rings. The normalized spacial score (nSPS) is 13.6. The molecule has 1 aliphatic heterocycles. The standard InChI is InChI=1S/C19H19BrN2O2/c1-12-3-6-16(13(2)9-12)21-18(23)11-22-17-7-5-15(20)10-14(17)4-8-19(22)24/h3,5-7,9-10H,4,8,11H2,1-2H3,(H,21,23). The van der Waals surface area contributed by atoms with Crippen LogP contribution >= 0.6 is 15.9 Å². The van der Waals surface area contributed by atoms with Gasteiger partial charge in [-0.05, 0) is 55.7 Å². The van der Waals surface area contributed by atoms with Gasteiger partial charge in [0.05, 0.1) is 0 Å². The van der Waals surface area contributed by atoms with Crippen molar-refractivity contribution in [2.24, 2.45) is 0 Å². The number of carbonyl (C=O) groups is 2. The molecule has 2 aromatic carbocycles. The predicted octanol–water partition coefficient (Wildman–Crippen LogP) is 3.98. The van der Waals surface area contributed by atoms with E-state index in [1.807, 2.05) is 50.2 Å². The zero-order chi connectivity index (χ0) is 17.3. The Morgan fingerprint density at radius 3 is 2.71 bits per heavy atom. The first-order valence-corrected chi connectivity index (χ1v) is 8.69. The number of halogens is 1. The minimum Gasteiger partial charge on any atom is -0.324 e. The van der Waals surface area contributed by atoms with E-state index in [2.05, 4.69) is 21.2 Å². The molecular weight excluding hydrogens is 368 g/mol. The molecule has 4 nitrogen and oxygen atoms in total. The van der Waals surface area contributed by atoms with Crippen molar-refractivity contribution in [2.75, 3.05) is 16.8 Å². The van der Waals surface area contributed by atoms with Gasteiger partial charge in [-0.3, -0.25) is 9.59 Å². The quantitative estimate of drug-likeness (QED) is 0.866. The average Bonchev–Trinajstić information content (AvgIpc) is 2.53. The van der Waals surface area contributed by atoms with Crippen molar-refractivity contribution in [1.82, 2.24) is 0 Å². The summed E-state index contributed by atoms with van der Waals surface area (Å²) >= 11 is 3.45. The van der Waals surface area contributed by atoms with E-state index in [-0.39, 0.29) is 18.4 Å². The first-order chi connectivity index (χ1) is 11.4. The van der Waals surface area contributed by atoms with Crippen molar-refractivity contribution < 1.29 is 9.59 Å². The van der Waals surface area contributed by atoms with Gasteiger partial charge >= 0.3 is 0 Å². The summed E-state index contributed by atoms with van der Waals surface area (Å²) in [6.45, 7) is 4.00. The topological polar surface area (TPSA) is 49.4 Å². The van der Waals surface area contributed by atoms with Crippen molar-refractivity contribution in [2.45, 2.75) is 26.7 Å². The molecule has 24 heavy (non-hydrogen) atoms. The summed E-state index contributed by atoms with van der Waals surface area (Å²) in [6, 6.07) is 11.7. The number of benzene rings is 2. The Morgan fingerprint density at radius 1 is 1.17 bits per heavy atom. The van der Waals surface area contributed by atoms with Crippen LogP contribution in [0.1, 0.15) is 23.1 Å². The van der Waals surface area contributed by atoms with Crippen LogP contribution in [0.4, 0.5) is 11.4 Å². The maximum atomic E-state index is 12.4. The van der Waals surface area contributed by atoms with Crippen molar-refractivity contribution in [3.63, 3.8) is 0 Å². The third kappa shape index (κ3) is 3.51. The molecular formula is C19H19BrN2O2. The zero-order valence-electron chi connectivity index (χ0n) is 13.7. The van der Waals surface area contributed by atoms with Gasteiger partial charge in [0.2, 0.25) is 11.8 Å². The van der Waals surface area contributed by atoms with Crippen LogP contribution in [-0.4, -0.2) is 18.4 Å². The van der Waals surface area contributed by atoms with Gasteiger partial charge in [-0.1, -0.05) is 33.6 Å². The fourth-order valence-corrected chi connectivity index (χ4v) is 3.40. The van der Waals surface area contributed by atoms with Gasteiger partial charge in [-0.15, -0.1) is 0 Å². The SMILES string of the molecule is Cc1ccc(NC(=O)CN2C(=O)CCc3cc(Br)ccc32)c(C)c1. The van der Waals surface area contributed by atoms with Crippen LogP contribution < -0.4 is 10.2 Å². The molecule has 0 saturated heterocycles. The van der Waals surface area contributed by atoms with Crippen LogP contribution in [0.2, 0.25) is 0 Å². The Bertz CT molecular complexity index is 817. The number of hydrogen-bond acceptors (Lipinski definition) is 2. The predicted molar refractivity (Wildman–Crippen MR) is 99.4 cm³/mol. The number of nitrogens with one attached hydrogen (secondary N) is 1. The molecule has 5 heteroatoms. The molecule has 0 unspecified atom stereocenters. The lowest BCUT2D eigenvalue weighted by atomic mass is 10.0. The molecule has 0 radical (unpaired) electrons. The molecule has 2 aromatic rings. The van der Waals surface area contributed by atoms with Gasteiger partial charge in [0.1, 0.15) is 6.54 Å². The summed E-state index contributed by atoms with van der Waals surface area (Å²) in [5, 5.41) is 2.91. The molecule has 0 bridgehead atoms. The second kappa shape index (κ2) is 6.77. The Labute approximate surface area is 150 Å². The summed E-state index contributed by atoms with van der Waals surface area (Å²) in [5.74, 6) is -0.202. The molecule has 3 rings (SSSR count). The number of fused-ring (bicyclic) bond motifs is 1. The van der Waals surface area contributed by atoms with E-state index in [1.165, 1.54) is 0 Å². The highest BCUT2D eigenvalue weighted by Gasteiger charge is 2.26. The lowest BCUT2D eigenvalue weighted by molar-refractivity contribution is -0.121. The molecule has 1 heterocycles. The van der Waals surface area contributed by atoms with E-state index in [4.69, 9.17) is 0 Å². The third-order valence-electron chi connectivity index (χ3n) is 4.20. The first kappa shape index (κ1) is 16.7. The molecule has 1 aliphatic rings. The first-order valence-electron chi connectivity index (χ1n) is 7.90. The second-order valence-electron chi connectivity index (χ2n) is 6.12. The van der Waals surface area contributed by atoms with Crippen LogP contribution in [-0.2, 0) is 16.0 Å². The molecule has 0 aliphatic carbocycles. The van der Waals surface area contributed by atoms with Gasteiger partial charge in [-0.2, -0.15) is 0 Å². The van der Waals surface area contributed by atoms with E-state index in [1.54, 1.807) is 4.90 Å². The number of carbonyl (C=O) groups excluding carboxylic acids is 2. The average molecular weight is 387 g/mol. The summed E-state index contributed by atoms with van der Waals surface area (Å²) in [4.78, 5) is 26.3. The molecule has 124 valence electrons. The summed E-state index contributed by atoms with van der Waals surface area (Å²) in [5.41, 5.74) is 4.86. The maximum Gasteiger partial charge on any atom is 0.244 e. The van der Waals surface area contributed by atoms with Gasteiger partial charge in [0, 0.05) is 22.3 Å². The molecule has 0 aromatic heterocycles. The van der Waals surface area contributed by atoms with Gasteiger partial charge < -0.3 is 10.2 Å². The van der Waals surface area contributed by atoms with E-state index in [9.17, 15) is 9.59 Å². The van der Waals surface area contributed by atoms with Crippen LogP contribution in [0.15, 0.2) is 40.9 Å². The highest BCUT2D eigenvalue weighted by Crippen LogP contribution is 2.30. The number of rotatable bonds is 3. The van der Waals surface area contributed by atoms with Crippen LogP contribution in [0.5, 0.6) is 0 Å². The monoisotopic (exact) mass is 386 g/mol. The fourth-order valence-electron chi connectivity index (χ4n) is 2.99. The lowest BCUT2D eigenvalue weighted by Gasteiger charge is -2.29. The summed E-state index contributed by atoms with van der Waals surface area (Å²) < 4.78 is 0.982. The number of amides is 2. The second-order valence-corrected chi connectivity index (χ2v) is 7.04. The van der Waals surface area contributed by atoms with E-state index in [0.29, 0.717) is 12.8 Å². The lowest BCUT2D eigenvalue weighted by Crippen LogP contribution is -2.40. The molecule has 0 spiro atoms. The van der Waals surface area contributed by atoms with E-state index < -0.39 is 0 Å². The molecule has 2 amide bonds. The Balaban J connectivity index is 1.78. The maximum absolute atomic E-state index is 12.4. The zero-order valence-corrected chi connectivity index (χ0v) is 15.3. The smallest absolute Gasteiger partial charge is 0.244 e. The van der Waals surface area contributed by atoms with Crippen LogP contribution in [0.25, 0.3) is 0 Å². The fraction of sp³-hybridized carbons (Fsp3) is 0.263. The minimum absolute atomic E-state index is 0.0133. The van der Waals surface area contributed by atoms with Crippen molar-refractivity contribution in [1.29, 1.82) is 0 Å². The van der Waals surface area contributed by atoms with Crippen molar-refractivity contribution >= 4 is 39.1 Å². The van der Waals surface area contributed by atoms with E-state index >= 15 is 0 Å².